The maximum atomic E-state index is 12.2. The van der Waals surface area contributed by atoms with Crippen molar-refractivity contribution in [1.82, 2.24) is 15.6 Å². The van der Waals surface area contributed by atoms with Gasteiger partial charge in [0.2, 0.25) is 0 Å². The molecule has 2 aromatic carbocycles. The van der Waals surface area contributed by atoms with Crippen LogP contribution in [0.5, 0.6) is 0 Å². The van der Waals surface area contributed by atoms with Crippen molar-refractivity contribution < 1.29 is 42.9 Å². The van der Waals surface area contributed by atoms with Crippen LogP contribution in [-0.2, 0) is 16.0 Å². The quantitative estimate of drug-likeness (QED) is 0.233. The van der Waals surface area contributed by atoms with Gasteiger partial charge in [0.15, 0.2) is 0 Å². The lowest BCUT2D eigenvalue weighted by molar-refractivity contribution is -0.192. The molecular weight excluding hydrogens is 531 g/mol. The molecule has 1 heterocycles. The van der Waals surface area contributed by atoms with Crippen LogP contribution in [0.4, 0.5) is 13.2 Å². The molecule has 0 bridgehead atoms. The highest BCUT2D eigenvalue weighted by atomic mass is 35.5. The molecule has 38 heavy (non-hydrogen) atoms. The molecule has 0 radical (unpaired) electrons. The van der Waals surface area contributed by atoms with Crippen molar-refractivity contribution in [2.75, 3.05) is 6.54 Å². The maximum Gasteiger partial charge on any atom is 0.490 e. The minimum atomic E-state index is -5.08. The lowest BCUT2D eigenvalue weighted by atomic mass is 10.0. The van der Waals surface area contributed by atoms with Crippen LogP contribution < -0.4 is 10.6 Å². The minimum Gasteiger partial charge on any atom is -0.480 e. The molecule has 1 aromatic heterocycles. The smallest absolute Gasteiger partial charge is 0.480 e. The highest BCUT2D eigenvalue weighted by molar-refractivity contribution is 6.30. The maximum absolute atomic E-state index is 12.2. The fraction of sp³-hybridized carbons (Fsp3) is 0.320. The fourth-order valence-electron chi connectivity index (χ4n) is 3.38. The van der Waals surface area contributed by atoms with Crippen molar-refractivity contribution in [3.8, 4) is 0 Å². The number of halogens is 4. The van der Waals surface area contributed by atoms with Gasteiger partial charge in [0.1, 0.15) is 6.04 Å². The number of amides is 1. The zero-order chi connectivity index (χ0) is 28.6. The van der Waals surface area contributed by atoms with Crippen molar-refractivity contribution in [2.45, 2.75) is 44.6 Å². The van der Waals surface area contributed by atoms with Gasteiger partial charge in [-0.25, -0.2) is 4.79 Å². The molecule has 0 unspecified atom stereocenters. The van der Waals surface area contributed by atoms with Gasteiger partial charge in [-0.05, 0) is 55.7 Å². The molecule has 0 aliphatic rings. The summed E-state index contributed by atoms with van der Waals surface area (Å²) < 4.78 is 31.7. The highest BCUT2D eigenvalue weighted by Gasteiger charge is 2.38. The lowest BCUT2D eigenvalue weighted by Crippen LogP contribution is -2.38. The van der Waals surface area contributed by atoms with Crippen LogP contribution in [0.3, 0.4) is 0 Å². The van der Waals surface area contributed by atoms with Crippen molar-refractivity contribution >= 4 is 40.3 Å². The summed E-state index contributed by atoms with van der Waals surface area (Å²) in [6.07, 6.45) is -3.11. The number of alkyl halides is 3. The van der Waals surface area contributed by atoms with Crippen LogP contribution in [0, 0.1) is 0 Å². The zero-order valence-electron chi connectivity index (χ0n) is 20.3. The molecule has 3 atom stereocenters. The largest absolute Gasteiger partial charge is 0.490 e. The first-order valence-corrected chi connectivity index (χ1v) is 11.7. The van der Waals surface area contributed by atoms with Gasteiger partial charge in [-0.2, -0.15) is 13.2 Å². The van der Waals surface area contributed by atoms with E-state index in [4.69, 9.17) is 26.6 Å². The van der Waals surface area contributed by atoms with Crippen LogP contribution in [0.1, 0.15) is 41.4 Å². The van der Waals surface area contributed by atoms with Crippen molar-refractivity contribution in [1.29, 1.82) is 0 Å². The summed E-state index contributed by atoms with van der Waals surface area (Å²) in [4.78, 5) is 35.2. The van der Waals surface area contributed by atoms with E-state index in [0.717, 1.165) is 28.5 Å². The average molecular weight is 558 g/mol. The summed E-state index contributed by atoms with van der Waals surface area (Å²) in [7, 11) is 0. The Morgan fingerprint density at radius 1 is 1.08 bits per heavy atom. The van der Waals surface area contributed by atoms with E-state index in [1.807, 2.05) is 31.3 Å². The van der Waals surface area contributed by atoms with Gasteiger partial charge in [0.25, 0.3) is 5.91 Å². The molecule has 0 spiro atoms. The minimum absolute atomic E-state index is 0.104. The van der Waals surface area contributed by atoms with Gasteiger partial charge in [-0.15, -0.1) is 0 Å². The predicted octanol–water partition coefficient (Wildman–Crippen LogP) is 3.91. The highest BCUT2D eigenvalue weighted by Crippen LogP contribution is 2.22. The predicted molar refractivity (Wildman–Crippen MR) is 134 cm³/mol. The SMILES string of the molecule is C[C@H](Cc1c[nH]c2cc(C(=O)N[C@@H](C)C(=O)O)ccc12)NC[C@H](O)c1cccc(Cl)c1.O=C(O)C(F)(F)F. The summed E-state index contributed by atoms with van der Waals surface area (Å²) in [6.45, 7) is 3.86. The monoisotopic (exact) mass is 557 g/mol. The molecule has 0 aliphatic carbocycles. The number of carboxylic acid groups (broad SMARTS) is 2. The number of carboxylic acids is 2. The summed E-state index contributed by atoms with van der Waals surface area (Å²) in [5.41, 5.74) is 3.04. The Morgan fingerprint density at radius 3 is 2.32 bits per heavy atom. The number of carbonyl (C=O) groups is 3. The van der Waals surface area contributed by atoms with Crippen LogP contribution in [0.15, 0.2) is 48.7 Å². The molecule has 0 saturated heterocycles. The molecule has 9 nitrogen and oxygen atoms in total. The van der Waals surface area contributed by atoms with E-state index in [2.05, 4.69) is 15.6 Å². The number of fused-ring (bicyclic) bond motifs is 1. The first-order chi connectivity index (χ1) is 17.7. The van der Waals surface area contributed by atoms with Gasteiger partial charge in [0.05, 0.1) is 6.10 Å². The third kappa shape index (κ3) is 9.05. The van der Waals surface area contributed by atoms with Gasteiger partial charge >= 0.3 is 18.1 Å². The van der Waals surface area contributed by atoms with Crippen LogP contribution in [-0.4, -0.2) is 63.0 Å². The zero-order valence-corrected chi connectivity index (χ0v) is 21.1. The second-order valence-electron chi connectivity index (χ2n) is 8.49. The molecule has 3 rings (SSSR count). The number of benzene rings is 2. The topological polar surface area (TPSA) is 152 Å². The van der Waals surface area contributed by atoms with Gasteiger partial charge < -0.3 is 30.9 Å². The Bertz CT molecular complexity index is 1280. The number of aromatic amines is 1. The molecule has 6 N–H and O–H groups in total. The third-order valence-corrected chi connectivity index (χ3v) is 5.64. The number of carbonyl (C=O) groups excluding carboxylic acids is 1. The summed E-state index contributed by atoms with van der Waals surface area (Å²) in [5.74, 6) is -4.27. The Labute approximate surface area is 220 Å². The van der Waals surface area contributed by atoms with E-state index < -0.39 is 36.2 Å². The number of aliphatic carboxylic acids is 2. The van der Waals surface area contributed by atoms with Crippen molar-refractivity contribution in [3.63, 3.8) is 0 Å². The number of nitrogens with one attached hydrogen (secondary N) is 3. The van der Waals surface area contributed by atoms with E-state index in [1.54, 1.807) is 24.3 Å². The third-order valence-electron chi connectivity index (χ3n) is 5.41. The number of aliphatic hydroxyl groups excluding tert-OH is 1. The summed E-state index contributed by atoms with van der Waals surface area (Å²) >= 11 is 5.98. The number of rotatable bonds is 9. The molecule has 13 heteroatoms. The number of aromatic nitrogens is 1. The van der Waals surface area contributed by atoms with Gasteiger partial charge in [-0.1, -0.05) is 29.8 Å². The van der Waals surface area contributed by atoms with Gasteiger partial charge in [-0.3, -0.25) is 9.59 Å². The summed E-state index contributed by atoms with van der Waals surface area (Å²) in [6, 6.07) is 11.6. The van der Waals surface area contributed by atoms with Gasteiger partial charge in [0, 0.05) is 40.3 Å². The Kier molecular flexibility index (Phi) is 10.7. The summed E-state index contributed by atoms with van der Waals surface area (Å²) in [5, 5.41) is 33.8. The second-order valence-corrected chi connectivity index (χ2v) is 8.93. The van der Waals surface area contributed by atoms with E-state index >= 15 is 0 Å². The molecule has 0 fully saturated rings. The lowest BCUT2D eigenvalue weighted by Gasteiger charge is -2.17. The molecule has 1 amide bonds. The Morgan fingerprint density at radius 2 is 1.74 bits per heavy atom. The van der Waals surface area contributed by atoms with Crippen LogP contribution >= 0.6 is 11.6 Å². The molecule has 0 aliphatic heterocycles. The standard InChI is InChI=1S/C23H26ClN3O4.C2HF3O2/c1-13(25-12-21(28)15-4-3-5-18(24)9-15)8-17-11-26-20-10-16(6-7-19(17)20)22(29)27-14(2)23(30)31;3-2(4,5)1(6)7/h3-7,9-11,13-14,21,25-26,28H,8,12H2,1-2H3,(H,27,29)(H,30,31);(H,6,7)/t13-,14+,21+;/m1./s1. The first kappa shape index (κ1) is 30.6. The van der Waals surface area contributed by atoms with Crippen LogP contribution in [0.2, 0.25) is 5.02 Å². The average Bonchev–Trinajstić information content (AvgIpc) is 3.24. The Hall–Kier alpha value is -3.61. The normalized spacial score (nSPS) is 13.7. The number of aliphatic hydroxyl groups is 1. The number of hydrogen-bond acceptors (Lipinski definition) is 5. The Balaban J connectivity index is 0.000000638. The van der Waals surface area contributed by atoms with E-state index in [9.17, 15) is 27.9 Å². The molecule has 3 aromatic rings. The molecular formula is C25H27ClF3N3O6. The second kappa shape index (κ2) is 13.3. The van der Waals surface area contributed by atoms with E-state index in [0.29, 0.717) is 17.1 Å². The van der Waals surface area contributed by atoms with Crippen molar-refractivity contribution in [3.05, 3.63) is 70.4 Å². The molecule has 206 valence electrons. The van der Waals surface area contributed by atoms with E-state index in [1.165, 1.54) is 6.92 Å². The fourth-order valence-corrected chi connectivity index (χ4v) is 3.58. The van der Waals surface area contributed by atoms with Crippen molar-refractivity contribution in [2.24, 2.45) is 0 Å². The number of H-pyrrole nitrogens is 1. The number of hydrogen-bond donors (Lipinski definition) is 6. The first-order valence-electron chi connectivity index (χ1n) is 11.3. The molecule has 0 saturated carbocycles. The van der Waals surface area contributed by atoms with Crippen LogP contribution in [0.25, 0.3) is 10.9 Å². The van der Waals surface area contributed by atoms with E-state index in [-0.39, 0.29) is 6.04 Å².